The monoisotopic (exact) mass is 245 g/mol. The molecule has 0 saturated carbocycles. The quantitative estimate of drug-likeness (QED) is 0.632. The number of hydrogen-bond donors (Lipinski definition) is 2. The molecule has 0 aliphatic heterocycles. The molecule has 1 heterocycles. The molecule has 0 atom stereocenters. The minimum Gasteiger partial charge on any atom is -0.384 e. The molecule has 0 spiro atoms. The van der Waals surface area contributed by atoms with E-state index in [9.17, 15) is 10.1 Å². The van der Waals surface area contributed by atoms with Crippen molar-refractivity contribution in [3.05, 3.63) is 46.3 Å². The van der Waals surface area contributed by atoms with Crippen molar-refractivity contribution in [2.45, 2.75) is 6.92 Å². The van der Waals surface area contributed by atoms with Gasteiger partial charge in [0.15, 0.2) is 0 Å². The maximum Gasteiger partial charge on any atom is 0.292 e. The van der Waals surface area contributed by atoms with Gasteiger partial charge in [-0.25, -0.2) is 9.97 Å². The van der Waals surface area contributed by atoms with Crippen LogP contribution in [0.2, 0.25) is 0 Å². The van der Waals surface area contributed by atoms with E-state index in [4.69, 9.17) is 5.73 Å². The number of para-hydroxylation sites is 2. The first-order valence-electron chi connectivity index (χ1n) is 5.18. The van der Waals surface area contributed by atoms with E-state index in [1.54, 1.807) is 25.1 Å². The Bertz CT molecular complexity index is 579. The molecule has 0 fully saturated rings. The predicted octanol–water partition coefficient (Wildman–Crippen LogP) is 2.02. The molecule has 0 saturated heterocycles. The Labute approximate surface area is 103 Å². The summed E-state index contributed by atoms with van der Waals surface area (Å²) in [5, 5.41) is 13.7. The van der Waals surface area contributed by atoms with Crippen molar-refractivity contribution in [1.82, 2.24) is 9.97 Å². The smallest absolute Gasteiger partial charge is 0.292 e. The average Bonchev–Trinajstić information content (AvgIpc) is 2.27. The Morgan fingerprint density at radius 3 is 2.72 bits per heavy atom. The predicted molar refractivity (Wildman–Crippen MR) is 67.6 cm³/mol. The topological polar surface area (TPSA) is 107 Å². The van der Waals surface area contributed by atoms with Crippen molar-refractivity contribution in [2.24, 2.45) is 0 Å². The summed E-state index contributed by atoms with van der Waals surface area (Å²) in [5.74, 6) is 1.23. The Morgan fingerprint density at radius 2 is 2.06 bits per heavy atom. The zero-order chi connectivity index (χ0) is 13.1. The third-order valence-electron chi connectivity index (χ3n) is 2.22. The average molecular weight is 245 g/mol. The Morgan fingerprint density at radius 1 is 1.33 bits per heavy atom. The molecule has 2 aromatic rings. The maximum absolute atomic E-state index is 10.9. The van der Waals surface area contributed by atoms with Crippen molar-refractivity contribution >= 4 is 23.0 Å². The first-order chi connectivity index (χ1) is 8.56. The minimum absolute atomic E-state index is 0.0210. The van der Waals surface area contributed by atoms with E-state index in [0.29, 0.717) is 23.1 Å². The van der Waals surface area contributed by atoms with E-state index >= 15 is 0 Å². The number of nitro benzene ring substituents is 1. The second-order valence-corrected chi connectivity index (χ2v) is 3.62. The number of nitrogens with zero attached hydrogens (tertiary/aromatic N) is 3. The van der Waals surface area contributed by atoms with Gasteiger partial charge in [0.05, 0.1) is 4.92 Å². The number of anilines is 3. The van der Waals surface area contributed by atoms with E-state index in [-0.39, 0.29) is 5.69 Å². The molecule has 0 aliphatic carbocycles. The van der Waals surface area contributed by atoms with Crippen LogP contribution in [0.15, 0.2) is 30.3 Å². The van der Waals surface area contributed by atoms with Crippen molar-refractivity contribution in [1.29, 1.82) is 0 Å². The van der Waals surface area contributed by atoms with Crippen LogP contribution in [0.5, 0.6) is 0 Å². The molecular formula is C11H11N5O2. The molecule has 1 aromatic carbocycles. The number of hydrogen-bond acceptors (Lipinski definition) is 6. The summed E-state index contributed by atoms with van der Waals surface area (Å²) in [6, 6.07) is 7.84. The van der Waals surface area contributed by atoms with Gasteiger partial charge in [-0.1, -0.05) is 12.1 Å². The molecule has 7 heteroatoms. The highest BCUT2D eigenvalue weighted by atomic mass is 16.6. The van der Waals surface area contributed by atoms with E-state index < -0.39 is 4.92 Å². The van der Waals surface area contributed by atoms with Crippen molar-refractivity contribution in [2.75, 3.05) is 11.1 Å². The molecule has 92 valence electrons. The number of nitrogens with one attached hydrogen (secondary N) is 1. The summed E-state index contributed by atoms with van der Waals surface area (Å²) >= 11 is 0. The third kappa shape index (κ3) is 2.51. The summed E-state index contributed by atoms with van der Waals surface area (Å²) in [4.78, 5) is 18.4. The molecular weight excluding hydrogens is 234 g/mol. The fourth-order valence-corrected chi connectivity index (χ4v) is 1.53. The Hall–Kier alpha value is -2.70. The fourth-order valence-electron chi connectivity index (χ4n) is 1.53. The summed E-state index contributed by atoms with van der Waals surface area (Å²) in [5.41, 5.74) is 5.93. The molecule has 0 aliphatic rings. The van der Waals surface area contributed by atoms with E-state index in [0.717, 1.165) is 0 Å². The van der Waals surface area contributed by atoms with E-state index in [2.05, 4.69) is 15.3 Å². The van der Waals surface area contributed by atoms with Gasteiger partial charge in [-0.15, -0.1) is 0 Å². The zero-order valence-electron chi connectivity index (χ0n) is 9.62. The van der Waals surface area contributed by atoms with Gasteiger partial charge in [0, 0.05) is 12.1 Å². The number of nitrogens with two attached hydrogens (primary N) is 1. The van der Waals surface area contributed by atoms with E-state index in [1.807, 2.05) is 0 Å². The lowest BCUT2D eigenvalue weighted by Crippen LogP contribution is -2.02. The largest absolute Gasteiger partial charge is 0.384 e. The normalized spacial score (nSPS) is 10.1. The van der Waals surface area contributed by atoms with Crippen LogP contribution in [0.25, 0.3) is 0 Å². The lowest BCUT2D eigenvalue weighted by atomic mass is 10.2. The highest BCUT2D eigenvalue weighted by Gasteiger charge is 2.13. The molecule has 2 rings (SSSR count). The maximum atomic E-state index is 10.9. The third-order valence-corrected chi connectivity index (χ3v) is 2.22. The van der Waals surface area contributed by atoms with Crippen LogP contribution in [0.3, 0.4) is 0 Å². The number of benzene rings is 1. The van der Waals surface area contributed by atoms with Gasteiger partial charge in [0.2, 0.25) is 0 Å². The first-order valence-corrected chi connectivity index (χ1v) is 5.18. The molecule has 1 aromatic heterocycles. The van der Waals surface area contributed by atoms with Crippen LogP contribution in [0.4, 0.5) is 23.0 Å². The minimum atomic E-state index is -0.459. The van der Waals surface area contributed by atoms with Gasteiger partial charge in [-0.05, 0) is 13.0 Å². The highest BCUT2D eigenvalue weighted by molar-refractivity contribution is 5.68. The molecule has 0 amide bonds. The summed E-state index contributed by atoms with van der Waals surface area (Å²) in [6.45, 7) is 1.70. The lowest BCUT2D eigenvalue weighted by Gasteiger charge is -2.07. The number of aromatic nitrogens is 2. The number of nitrogen functional groups attached to an aromatic ring is 1. The second kappa shape index (κ2) is 4.66. The van der Waals surface area contributed by atoms with Crippen LogP contribution in [-0.2, 0) is 0 Å². The number of rotatable bonds is 3. The van der Waals surface area contributed by atoms with Crippen LogP contribution >= 0.6 is 0 Å². The highest BCUT2D eigenvalue weighted by Crippen LogP contribution is 2.26. The first kappa shape index (κ1) is 11.8. The molecule has 0 bridgehead atoms. The van der Waals surface area contributed by atoms with Crippen LogP contribution < -0.4 is 11.1 Å². The standard InChI is InChI=1S/C11H11N5O2/c1-7-13-10(12)6-11(14-7)15-8-4-2-3-5-9(8)16(17)18/h2-6H,1H3,(H3,12,13,14,15). The van der Waals surface area contributed by atoms with Crippen molar-refractivity contribution < 1.29 is 4.92 Å². The van der Waals surface area contributed by atoms with Gasteiger partial charge in [-0.2, -0.15) is 0 Å². The molecule has 7 nitrogen and oxygen atoms in total. The summed E-state index contributed by atoms with van der Waals surface area (Å²) < 4.78 is 0. The van der Waals surface area contributed by atoms with Crippen LogP contribution in [-0.4, -0.2) is 14.9 Å². The lowest BCUT2D eigenvalue weighted by molar-refractivity contribution is -0.383. The van der Waals surface area contributed by atoms with Gasteiger partial charge < -0.3 is 11.1 Å². The summed E-state index contributed by atoms with van der Waals surface area (Å²) in [7, 11) is 0. The molecule has 0 radical (unpaired) electrons. The van der Waals surface area contributed by atoms with Gasteiger partial charge >= 0.3 is 0 Å². The molecule has 0 unspecified atom stereocenters. The van der Waals surface area contributed by atoms with Crippen LogP contribution in [0, 0.1) is 17.0 Å². The molecule has 18 heavy (non-hydrogen) atoms. The summed E-state index contributed by atoms with van der Waals surface area (Å²) in [6.07, 6.45) is 0. The van der Waals surface area contributed by atoms with Crippen molar-refractivity contribution in [3.8, 4) is 0 Å². The van der Waals surface area contributed by atoms with Gasteiger partial charge in [-0.3, -0.25) is 10.1 Å². The van der Waals surface area contributed by atoms with Gasteiger partial charge in [0.25, 0.3) is 5.69 Å². The van der Waals surface area contributed by atoms with Crippen molar-refractivity contribution in [3.63, 3.8) is 0 Å². The Balaban J connectivity index is 2.37. The number of nitro groups is 1. The number of aryl methyl sites for hydroxylation is 1. The van der Waals surface area contributed by atoms with Crippen LogP contribution in [0.1, 0.15) is 5.82 Å². The van der Waals surface area contributed by atoms with E-state index in [1.165, 1.54) is 12.1 Å². The molecule has 3 N–H and O–H groups in total. The second-order valence-electron chi connectivity index (χ2n) is 3.62. The fraction of sp³-hybridized carbons (Fsp3) is 0.0909. The Kier molecular flexibility index (Phi) is 3.05. The SMILES string of the molecule is Cc1nc(N)cc(Nc2ccccc2[N+](=O)[O-])n1. The van der Waals surface area contributed by atoms with Gasteiger partial charge in [0.1, 0.15) is 23.1 Å². The zero-order valence-corrected chi connectivity index (χ0v) is 9.62.